The normalized spacial score (nSPS) is 12.3. The molecular formula is C17H18O2. The van der Waals surface area contributed by atoms with Crippen LogP contribution < -0.4 is 0 Å². The zero-order chi connectivity index (χ0) is 13.2. The maximum atomic E-state index is 5.31. The van der Waals surface area contributed by atoms with Crippen LogP contribution in [0.4, 0.5) is 0 Å². The number of hydrogen-bond donors (Lipinski definition) is 0. The fraction of sp³-hybridized carbons (Fsp3) is 0.294. The van der Waals surface area contributed by atoms with E-state index in [2.05, 4.69) is 36.4 Å². The lowest BCUT2D eigenvalue weighted by Gasteiger charge is -2.06. The number of ether oxygens (including phenoxy) is 2. The molecule has 0 heterocycles. The molecular weight excluding hydrogens is 236 g/mol. The Labute approximate surface area is 114 Å². The van der Waals surface area contributed by atoms with Crippen LogP contribution >= 0.6 is 0 Å². The van der Waals surface area contributed by atoms with Gasteiger partial charge in [0.05, 0.1) is 13.2 Å². The molecule has 0 aromatic heterocycles. The van der Waals surface area contributed by atoms with E-state index >= 15 is 0 Å². The maximum absolute atomic E-state index is 5.31. The summed E-state index contributed by atoms with van der Waals surface area (Å²) in [5, 5.41) is 0. The van der Waals surface area contributed by atoms with Crippen molar-refractivity contribution < 1.29 is 9.47 Å². The van der Waals surface area contributed by atoms with E-state index in [9.17, 15) is 0 Å². The zero-order valence-electron chi connectivity index (χ0n) is 11.4. The smallest absolute Gasteiger partial charge is 0.0716 e. The minimum absolute atomic E-state index is 0.677. The van der Waals surface area contributed by atoms with Crippen LogP contribution in [0, 0.1) is 0 Å². The van der Waals surface area contributed by atoms with Gasteiger partial charge in [0.15, 0.2) is 0 Å². The summed E-state index contributed by atoms with van der Waals surface area (Å²) in [6.07, 6.45) is 0.990. The van der Waals surface area contributed by atoms with E-state index in [-0.39, 0.29) is 0 Å². The van der Waals surface area contributed by atoms with Crippen LogP contribution in [0.15, 0.2) is 36.4 Å². The molecule has 0 amide bonds. The lowest BCUT2D eigenvalue weighted by molar-refractivity contribution is 0.183. The standard InChI is InChI=1S/C17H18O2/c1-18-10-12-5-3-7-14-15-8-4-6-13(11-19-2)17(15)9-16(12)14/h3-8H,9-11H2,1-2H3. The second-order valence-electron chi connectivity index (χ2n) is 4.93. The minimum Gasteiger partial charge on any atom is -0.380 e. The third-order valence-corrected chi connectivity index (χ3v) is 3.79. The second kappa shape index (κ2) is 5.16. The SMILES string of the molecule is COCc1cccc2c1Cc1c(COC)cccc1-2. The van der Waals surface area contributed by atoms with Crippen molar-refractivity contribution in [2.24, 2.45) is 0 Å². The van der Waals surface area contributed by atoms with Crippen LogP contribution in [0.5, 0.6) is 0 Å². The Balaban J connectivity index is 2.10. The van der Waals surface area contributed by atoms with Crippen LogP contribution in [-0.2, 0) is 29.1 Å². The molecule has 19 heavy (non-hydrogen) atoms. The Morgan fingerprint density at radius 1 is 0.789 bits per heavy atom. The predicted octanol–water partition coefficient (Wildman–Crippen LogP) is 3.55. The molecule has 0 spiro atoms. The third-order valence-electron chi connectivity index (χ3n) is 3.79. The summed E-state index contributed by atoms with van der Waals surface area (Å²) in [5.41, 5.74) is 8.09. The number of fused-ring (bicyclic) bond motifs is 3. The van der Waals surface area contributed by atoms with Gasteiger partial charge in [0.1, 0.15) is 0 Å². The van der Waals surface area contributed by atoms with Crippen molar-refractivity contribution in [1.82, 2.24) is 0 Å². The van der Waals surface area contributed by atoms with E-state index in [1.165, 1.54) is 33.4 Å². The van der Waals surface area contributed by atoms with Gasteiger partial charge in [-0.3, -0.25) is 0 Å². The van der Waals surface area contributed by atoms with Crippen molar-refractivity contribution in [2.45, 2.75) is 19.6 Å². The molecule has 0 bridgehead atoms. The van der Waals surface area contributed by atoms with Gasteiger partial charge in [-0.1, -0.05) is 36.4 Å². The topological polar surface area (TPSA) is 18.5 Å². The second-order valence-corrected chi connectivity index (χ2v) is 4.93. The van der Waals surface area contributed by atoms with Gasteiger partial charge in [0.25, 0.3) is 0 Å². The number of benzene rings is 2. The Morgan fingerprint density at radius 3 is 1.68 bits per heavy atom. The highest BCUT2D eigenvalue weighted by Crippen LogP contribution is 2.40. The highest BCUT2D eigenvalue weighted by Gasteiger charge is 2.22. The molecule has 0 saturated carbocycles. The first kappa shape index (κ1) is 12.4. The van der Waals surface area contributed by atoms with E-state index in [0.717, 1.165) is 6.42 Å². The van der Waals surface area contributed by atoms with Crippen molar-refractivity contribution in [3.8, 4) is 11.1 Å². The van der Waals surface area contributed by atoms with Gasteiger partial charge in [-0.05, 0) is 39.8 Å². The van der Waals surface area contributed by atoms with Crippen molar-refractivity contribution in [3.63, 3.8) is 0 Å². The molecule has 2 aromatic rings. The van der Waals surface area contributed by atoms with Crippen LogP contribution in [0.2, 0.25) is 0 Å². The fourth-order valence-electron chi connectivity index (χ4n) is 2.95. The molecule has 0 saturated heterocycles. The lowest BCUT2D eigenvalue weighted by Crippen LogP contribution is -1.96. The fourth-order valence-corrected chi connectivity index (χ4v) is 2.95. The highest BCUT2D eigenvalue weighted by molar-refractivity contribution is 5.79. The maximum Gasteiger partial charge on any atom is 0.0716 e. The summed E-state index contributed by atoms with van der Waals surface area (Å²) in [6.45, 7) is 1.35. The van der Waals surface area contributed by atoms with Gasteiger partial charge in [0, 0.05) is 14.2 Å². The Hall–Kier alpha value is -1.64. The quantitative estimate of drug-likeness (QED) is 0.709. The molecule has 1 aliphatic carbocycles. The van der Waals surface area contributed by atoms with E-state index in [1.807, 2.05) is 0 Å². The first-order valence-corrected chi connectivity index (χ1v) is 6.55. The average molecular weight is 254 g/mol. The van der Waals surface area contributed by atoms with E-state index in [4.69, 9.17) is 9.47 Å². The van der Waals surface area contributed by atoms with Crippen LogP contribution in [0.3, 0.4) is 0 Å². The van der Waals surface area contributed by atoms with Crippen molar-refractivity contribution in [2.75, 3.05) is 14.2 Å². The summed E-state index contributed by atoms with van der Waals surface area (Å²) in [7, 11) is 3.50. The van der Waals surface area contributed by atoms with Gasteiger partial charge in [-0.2, -0.15) is 0 Å². The van der Waals surface area contributed by atoms with E-state index < -0.39 is 0 Å². The van der Waals surface area contributed by atoms with Gasteiger partial charge in [0.2, 0.25) is 0 Å². The van der Waals surface area contributed by atoms with Gasteiger partial charge in [-0.25, -0.2) is 0 Å². The molecule has 1 aliphatic rings. The molecule has 0 unspecified atom stereocenters. The molecule has 0 fully saturated rings. The van der Waals surface area contributed by atoms with Crippen molar-refractivity contribution in [1.29, 1.82) is 0 Å². The molecule has 0 aliphatic heterocycles. The van der Waals surface area contributed by atoms with Gasteiger partial charge in [-0.15, -0.1) is 0 Å². The highest BCUT2D eigenvalue weighted by atomic mass is 16.5. The lowest BCUT2D eigenvalue weighted by atomic mass is 10.0. The third kappa shape index (κ3) is 2.07. The molecule has 2 heteroatoms. The molecule has 0 N–H and O–H groups in total. The first-order valence-electron chi connectivity index (χ1n) is 6.55. The Morgan fingerprint density at radius 2 is 1.26 bits per heavy atom. The van der Waals surface area contributed by atoms with E-state index in [0.29, 0.717) is 13.2 Å². The molecule has 2 nitrogen and oxygen atoms in total. The molecule has 2 aromatic carbocycles. The largest absolute Gasteiger partial charge is 0.380 e. The summed E-state index contributed by atoms with van der Waals surface area (Å²) in [5.74, 6) is 0. The molecule has 98 valence electrons. The minimum atomic E-state index is 0.677. The van der Waals surface area contributed by atoms with Crippen molar-refractivity contribution >= 4 is 0 Å². The summed E-state index contributed by atoms with van der Waals surface area (Å²) in [6, 6.07) is 13.0. The van der Waals surface area contributed by atoms with Crippen LogP contribution in [-0.4, -0.2) is 14.2 Å². The molecule has 0 radical (unpaired) electrons. The monoisotopic (exact) mass is 254 g/mol. The van der Waals surface area contributed by atoms with E-state index in [1.54, 1.807) is 14.2 Å². The Kier molecular flexibility index (Phi) is 3.36. The van der Waals surface area contributed by atoms with Crippen LogP contribution in [0.25, 0.3) is 11.1 Å². The van der Waals surface area contributed by atoms with Crippen LogP contribution in [0.1, 0.15) is 22.3 Å². The molecule has 3 rings (SSSR count). The summed E-state index contributed by atoms with van der Waals surface area (Å²) >= 11 is 0. The summed E-state index contributed by atoms with van der Waals surface area (Å²) < 4.78 is 10.6. The Bertz CT molecular complexity index is 549. The first-order chi connectivity index (χ1) is 9.35. The number of methoxy groups -OCH3 is 2. The van der Waals surface area contributed by atoms with Crippen molar-refractivity contribution in [3.05, 3.63) is 58.7 Å². The van der Waals surface area contributed by atoms with Gasteiger partial charge >= 0.3 is 0 Å². The zero-order valence-corrected chi connectivity index (χ0v) is 11.4. The molecule has 0 atom stereocenters. The predicted molar refractivity (Wildman–Crippen MR) is 76.1 cm³/mol. The number of hydrogen-bond acceptors (Lipinski definition) is 2. The number of rotatable bonds is 4. The van der Waals surface area contributed by atoms with Gasteiger partial charge < -0.3 is 9.47 Å². The average Bonchev–Trinajstić information content (AvgIpc) is 2.81. The summed E-state index contributed by atoms with van der Waals surface area (Å²) in [4.78, 5) is 0.